The number of hydrogen-bond acceptors (Lipinski definition) is 0. The van der Waals surface area contributed by atoms with Gasteiger partial charge in [0.15, 0.2) is 0 Å². The Morgan fingerprint density at radius 2 is 0.700 bits per heavy atom. The second kappa shape index (κ2) is 27.0. The third-order valence-electron chi connectivity index (χ3n) is 7.16. The van der Waals surface area contributed by atoms with Crippen molar-refractivity contribution >= 4 is 0 Å². The first kappa shape index (κ1) is 30.0. The van der Waals surface area contributed by atoms with Crippen LogP contribution in [-0.4, -0.2) is 0 Å². The first-order valence-corrected chi connectivity index (χ1v) is 14.6. The van der Waals surface area contributed by atoms with Gasteiger partial charge in [-0.1, -0.05) is 188 Å². The normalized spacial score (nSPS) is 12.5. The molecule has 0 aliphatic rings. The Labute approximate surface area is 193 Å². The second-order valence-corrected chi connectivity index (χ2v) is 10.1. The summed E-state index contributed by atoms with van der Waals surface area (Å²) >= 11 is 0. The Morgan fingerprint density at radius 3 is 1.00 bits per heavy atom. The molecule has 0 spiro atoms. The maximum atomic E-state index is 3.97. The highest BCUT2D eigenvalue weighted by Crippen LogP contribution is 2.21. The van der Waals surface area contributed by atoms with Gasteiger partial charge in [0.2, 0.25) is 0 Å². The molecule has 0 aliphatic carbocycles. The minimum absolute atomic E-state index is 0.993. The molecule has 0 aromatic heterocycles. The van der Waals surface area contributed by atoms with Gasteiger partial charge in [0.05, 0.1) is 0 Å². The van der Waals surface area contributed by atoms with Gasteiger partial charge in [0.25, 0.3) is 0 Å². The van der Waals surface area contributed by atoms with E-state index in [2.05, 4.69) is 20.8 Å². The molecule has 1 radical (unpaired) electrons. The Balaban J connectivity index is 3.12. The van der Waals surface area contributed by atoms with E-state index >= 15 is 0 Å². The van der Waals surface area contributed by atoms with Crippen molar-refractivity contribution in [2.45, 2.75) is 181 Å². The molecule has 0 N–H and O–H groups in total. The van der Waals surface area contributed by atoms with Crippen molar-refractivity contribution in [3.63, 3.8) is 0 Å². The SMILES string of the molecule is [CH2]CCCCC(CC)CCCCCCCCCCCCCCCCCCCCCC. The van der Waals surface area contributed by atoms with E-state index in [0.29, 0.717) is 0 Å². The summed E-state index contributed by atoms with van der Waals surface area (Å²) in [5.41, 5.74) is 0. The summed E-state index contributed by atoms with van der Waals surface area (Å²) in [6, 6.07) is 0. The summed E-state index contributed by atoms with van der Waals surface area (Å²) in [6.07, 6.45) is 37.7. The first-order chi connectivity index (χ1) is 14.8. The van der Waals surface area contributed by atoms with Crippen molar-refractivity contribution in [3.05, 3.63) is 6.92 Å². The van der Waals surface area contributed by atoms with Crippen LogP contribution < -0.4 is 0 Å². The predicted octanol–water partition coefficient (Wildman–Crippen LogP) is 11.6. The van der Waals surface area contributed by atoms with Crippen molar-refractivity contribution < 1.29 is 0 Å². The van der Waals surface area contributed by atoms with Gasteiger partial charge in [-0.25, -0.2) is 0 Å². The molecule has 0 nitrogen and oxygen atoms in total. The predicted molar refractivity (Wildman–Crippen MR) is 140 cm³/mol. The highest BCUT2D eigenvalue weighted by molar-refractivity contribution is 4.59. The summed E-state index contributed by atoms with van der Waals surface area (Å²) < 4.78 is 0. The van der Waals surface area contributed by atoms with Crippen LogP contribution in [0.2, 0.25) is 0 Å². The second-order valence-electron chi connectivity index (χ2n) is 10.1. The van der Waals surface area contributed by atoms with Gasteiger partial charge in [0, 0.05) is 0 Å². The quantitative estimate of drug-likeness (QED) is 0.122. The lowest BCUT2D eigenvalue weighted by atomic mass is 9.92. The maximum absolute atomic E-state index is 3.97. The molecule has 0 aromatic carbocycles. The average molecular weight is 422 g/mol. The molecule has 0 aromatic rings. The van der Waals surface area contributed by atoms with Gasteiger partial charge in [0.1, 0.15) is 0 Å². The lowest BCUT2D eigenvalue weighted by Gasteiger charge is -2.14. The fraction of sp³-hybridized carbons (Fsp3) is 0.967. The molecule has 0 amide bonds. The van der Waals surface area contributed by atoms with Crippen LogP contribution in [-0.2, 0) is 0 Å². The number of hydrogen-bond donors (Lipinski definition) is 0. The molecule has 0 heterocycles. The van der Waals surface area contributed by atoms with E-state index in [1.807, 2.05) is 0 Å². The van der Waals surface area contributed by atoms with Gasteiger partial charge in [-0.3, -0.25) is 0 Å². The Bertz CT molecular complexity index is 282. The summed E-state index contributed by atoms with van der Waals surface area (Å²) in [5.74, 6) is 0.993. The third kappa shape index (κ3) is 24.3. The molecular formula is C30H61. The molecule has 1 atom stereocenters. The van der Waals surface area contributed by atoms with Crippen LogP contribution in [0.4, 0.5) is 0 Å². The highest BCUT2D eigenvalue weighted by Gasteiger charge is 2.05. The van der Waals surface area contributed by atoms with Crippen LogP contribution in [0.25, 0.3) is 0 Å². The van der Waals surface area contributed by atoms with Crippen molar-refractivity contribution in [2.24, 2.45) is 5.92 Å². The molecule has 0 bridgehead atoms. The zero-order chi connectivity index (χ0) is 22.0. The zero-order valence-corrected chi connectivity index (χ0v) is 21.7. The highest BCUT2D eigenvalue weighted by atomic mass is 14.1. The van der Waals surface area contributed by atoms with E-state index in [-0.39, 0.29) is 0 Å². The van der Waals surface area contributed by atoms with Crippen LogP contribution in [0, 0.1) is 12.8 Å². The van der Waals surface area contributed by atoms with Gasteiger partial charge < -0.3 is 0 Å². The molecule has 0 aliphatic heterocycles. The molecule has 30 heavy (non-hydrogen) atoms. The molecule has 0 fully saturated rings. The minimum Gasteiger partial charge on any atom is -0.0654 e. The first-order valence-electron chi connectivity index (χ1n) is 14.6. The van der Waals surface area contributed by atoms with E-state index in [0.717, 1.165) is 12.3 Å². The fourth-order valence-corrected chi connectivity index (χ4v) is 4.85. The van der Waals surface area contributed by atoms with Crippen LogP contribution >= 0.6 is 0 Å². The summed E-state index contributed by atoms with van der Waals surface area (Å²) in [5, 5.41) is 0. The number of unbranched alkanes of at least 4 members (excludes halogenated alkanes) is 21. The van der Waals surface area contributed by atoms with Crippen molar-refractivity contribution in [2.75, 3.05) is 0 Å². The molecule has 0 rings (SSSR count). The third-order valence-corrected chi connectivity index (χ3v) is 7.16. The van der Waals surface area contributed by atoms with Crippen molar-refractivity contribution in [3.8, 4) is 0 Å². The zero-order valence-electron chi connectivity index (χ0n) is 21.7. The van der Waals surface area contributed by atoms with Gasteiger partial charge >= 0.3 is 0 Å². The monoisotopic (exact) mass is 421 g/mol. The topological polar surface area (TPSA) is 0 Å². The molecule has 0 saturated carbocycles. The molecule has 181 valence electrons. The van der Waals surface area contributed by atoms with E-state index in [9.17, 15) is 0 Å². The lowest BCUT2D eigenvalue weighted by Crippen LogP contribution is -1.99. The fourth-order valence-electron chi connectivity index (χ4n) is 4.85. The van der Waals surface area contributed by atoms with E-state index in [1.54, 1.807) is 0 Å². The molecule has 0 saturated heterocycles. The molecular weight excluding hydrogens is 360 g/mol. The van der Waals surface area contributed by atoms with Crippen LogP contribution in [0.3, 0.4) is 0 Å². The minimum atomic E-state index is 0.993. The van der Waals surface area contributed by atoms with E-state index in [4.69, 9.17) is 0 Å². The Morgan fingerprint density at radius 1 is 0.400 bits per heavy atom. The average Bonchev–Trinajstić information content (AvgIpc) is 2.76. The van der Waals surface area contributed by atoms with Crippen molar-refractivity contribution in [1.29, 1.82) is 0 Å². The van der Waals surface area contributed by atoms with Crippen molar-refractivity contribution in [1.82, 2.24) is 0 Å². The Hall–Kier alpha value is 0. The molecule has 1 unspecified atom stereocenters. The van der Waals surface area contributed by atoms with Gasteiger partial charge in [-0.05, 0) is 5.92 Å². The van der Waals surface area contributed by atoms with Crippen LogP contribution in [0.1, 0.15) is 181 Å². The summed E-state index contributed by atoms with van der Waals surface area (Å²) in [6.45, 7) is 8.65. The standard InChI is InChI=1S/C30H61/c1-4-7-9-10-11-12-13-14-15-16-17-18-19-20-21-22-23-24-25-27-29-30(6-3)28-26-8-5-2/h30H,2,4-29H2,1,3H3. The smallest absolute Gasteiger partial charge is 0.0417 e. The van der Waals surface area contributed by atoms with Crippen LogP contribution in [0.5, 0.6) is 0 Å². The van der Waals surface area contributed by atoms with E-state index < -0.39 is 0 Å². The Kier molecular flexibility index (Phi) is 27.0. The maximum Gasteiger partial charge on any atom is -0.0417 e. The number of rotatable bonds is 26. The van der Waals surface area contributed by atoms with E-state index in [1.165, 1.54) is 161 Å². The molecule has 0 heteroatoms. The lowest BCUT2D eigenvalue weighted by molar-refractivity contribution is 0.397. The largest absolute Gasteiger partial charge is 0.0654 e. The summed E-state index contributed by atoms with van der Waals surface area (Å²) in [4.78, 5) is 0. The summed E-state index contributed by atoms with van der Waals surface area (Å²) in [7, 11) is 0. The van der Waals surface area contributed by atoms with Gasteiger partial charge in [-0.15, -0.1) is 0 Å². The van der Waals surface area contributed by atoms with Gasteiger partial charge in [-0.2, -0.15) is 0 Å². The van der Waals surface area contributed by atoms with Crippen LogP contribution in [0.15, 0.2) is 0 Å².